The monoisotopic (exact) mass is 383 g/mol. The van der Waals surface area contributed by atoms with E-state index in [1.54, 1.807) is 12.1 Å². The highest BCUT2D eigenvalue weighted by Gasteiger charge is 2.11. The maximum absolute atomic E-state index is 12.1. The van der Waals surface area contributed by atoms with Crippen LogP contribution in [0.5, 0.6) is 0 Å². The molecule has 0 saturated heterocycles. The van der Waals surface area contributed by atoms with E-state index in [4.69, 9.17) is 16.9 Å². The van der Waals surface area contributed by atoms with Crippen molar-refractivity contribution in [3.63, 3.8) is 0 Å². The van der Waals surface area contributed by atoms with Crippen LogP contribution in [0.4, 0.5) is 0 Å². The lowest BCUT2D eigenvalue weighted by Crippen LogP contribution is -2.15. The molecule has 0 unspecified atom stereocenters. The minimum absolute atomic E-state index is 0.274. The van der Waals surface area contributed by atoms with E-state index >= 15 is 0 Å². The molecule has 128 valence electrons. The Labute approximate surface area is 155 Å². The first-order valence-corrected chi connectivity index (χ1v) is 8.82. The van der Waals surface area contributed by atoms with E-state index in [1.165, 1.54) is 28.5 Å². The normalized spacial score (nSPS) is 10.9. The van der Waals surface area contributed by atoms with Crippen molar-refractivity contribution in [1.82, 2.24) is 29.8 Å². The highest BCUT2D eigenvalue weighted by atomic mass is 35.5. The summed E-state index contributed by atoms with van der Waals surface area (Å²) in [5.74, 6) is 1.03. The largest absolute Gasteiger partial charge is 0.295 e. The van der Waals surface area contributed by atoms with E-state index in [-0.39, 0.29) is 5.56 Å². The number of aromatic nitrogens is 6. The molecule has 0 spiro atoms. The number of fused-ring (bicyclic) bond motifs is 1. The van der Waals surface area contributed by atoms with Gasteiger partial charge in [0.05, 0.1) is 5.69 Å². The molecule has 0 aliphatic heterocycles. The average Bonchev–Trinajstić information content (AvgIpc) is 3.27. The summed E-state index contributed by atoms with van der Waals surface area (Å²) < 4.78 is 1.23. The quantitative estimate of drug-likeness (QED) is 0.523. The second kappa shape index (κ2) is 6.67. The second-order valence-electron chi connectivity index (χ2n) is 5.31. The molecule has 0 aliphatic carbocycles. The topological polar surface area (TPSA) is 116 Å². The summed E-state index contributed by atoms with van der Waals surface area (Å²) in [5.41, 5.74) is 1.78. The van der Waals surface area contributed by atoms with Crippen LogP contribution < -0.4 is 5.56 Å². The number of hydrogen-bond donors (Lipinski definition) is 2. The standard InChI is InChI=1S/C16H10ClN7OS/c17-11-3-1-9(2-4-11)14-21-16(23-22-14)26-8-12-5-13(25)24-15(20-12)10(6-18)7-19-24/h1-5,7,19H,8H2,(H,21,22,23). The molecule has 2 N–H and O–H groups in total. The molecule has 0 radical (unpaired) electrons. The van der Waals surface area contributed by atoms with E-state index in [2.05, 4.69) is 25.3 Å². The number of rotatable bonds is 4. The van der Waals surface area contributed by atoms with Crippen LogP contribution in [0.15, 0.2) is 46.5 Å². The highest BCUT2D eigenvalue weighted by Crippen LogP contribution is 2.22. The molecule has 10 heteroatoms. The Kier molecular flexibility index (Phi) is 4.20. The van der Waals surface area contributed by atoms with E-state index in [0.29, 0.717) is 38.7 Å². The van der Waals surface area contributed by atoms with Gasteiger partial charge in [-0.15, -0.1) is 5.10 Å². The van der Waals surface area contributed by atoms with Gasteiger partial charge in [-0.3, -0.25) is 15.0 Å². The molecule has 0 fully saturated rings. The maximum atomic E-state index is 12.1. The molecule has 0 atom stereocenters. The minimum atomic E-state index is -0.274. The minimum Gasteiger partial charge on any atom is -0.295 e. The number of H-pyrrole nitrogens is 2. The number of halogens is 1. The van der Waals surface area contributed by atoms with Crippen LogP contribution in [0.1, 0.15) is 11.3 Å². The fraction of sp³-hybridized carbons (Fsp3) is 0.0625. The number of nitrogens with one attached hydrogen (secondary N) is 2. The molecule has 0 bridgehead atoms. The van der Waals surface area contributed by atoms with E-state index in [9.17, 15) is 4.79 Å². The van der Waals surface area contributed by atoms with Crippen molar-refractivity contribution in [1.29, 1.82) is 5.26 Å². The zero-order valence-corrected chi connectivity index (χ0v) is 14.7. The highest BCUT2D eigenvalue weighted by molar-refractivity contribution is 7.98. The van der Waals surface area contributed by atoms with Gasteiger partial charge in [-0.25, -0.2) is 14.5 Å². The summed E-state index contributed by atoms with van der Waals surface area (Å²) in [4.78, 5) is 20.9. The Bertz CT molecular complexity index is 1190. The summed E-state index contributed by atoms with van der Waals surface area (Å²) in [7, 11) is 0. The molecule has 0 amide bonds. The molecular formula is C16H10ClN7OS. The van der Waals surface area contributed by atoms with Gasteiger partial charge in [0.1, 0.15) is 11.6 Å². The SMILES string of the molecule is N#Cc1c[nH]n2c(=O)cc(CSc3n[nH]c(-c4ccc(Cl)cc4)n3)nc12. The molecule has 3 aromatic heterocycles. The predicted molar refractivity (Wildman–Crippen MR) is 96.9 cm³/mol. The Hall–Kier alpha value is -3.09. The molecule has 3 heterocycles. The van der Waals surface area contributed by atoms with Crippen LogP contribution in [0, 0.1) is 11.3 Å². The third-order valence-electron chi connectivity index (χ3n) is 3.60. The number of nitrogens with zero attached hydrogens (tertiary/aromatic N) is 5. The number of thioether (sulfide) groups is 1. The molecule has 8 nitrogen and oxygen atoms in total. The number of hydrogen-bond acceptors (Lipinski definition) is 6. The summed E-state index contributed by atoms with van der Waals surface area (Å²) in [6.07, 6.45) is 1.45. The van der Waals surface area contributed by atoms with Crippen LogP contribution in [0.25, 0.3) is 17.0 Å². The lowest BCUT2D eigenvalue weighted by atomic mass is 10.2. The number of aromatic amines is 2. The summed E-state index contributed by atoms with van der Waals surface area (Å²) in [6, 6.07) is 10.7. The summed E-state index contributed by atoms with van der Waals surface area (Å²) in [6.45, 7) is 0. The predicted octanol–water partition coefficient (Wildman–Crippen LogP) is 2.63. The van der Waals surface area contributed by atoms with Gasteiger partial charge in [-0.2, -0.15) is 5.26 Å². The molecule has 4 aromatic rings. The van der Waals surface area contributed by atoms with Gasteiger partial charge >= 0.3 is 0 Å². The average molecular weight is 384 g/mol. The second-order valence-corrected chi connectivity index (χ2v) is 6.68. The Morgan fingerprint density at radius 1 is 1.27 bits per heavy atom. The van der Waals surface area contributed by atoms with Crippen LogP contribution in [0.2, 0.25) is 5.02 Å². The summed E-state index contributed by atoms with van der Waals surface area (Å²) in [5, 5.41) is 20.0. The zero-order chi connectivity index (χ0) is 18.1. The van der Waals surface area contributed by atoms with Crippen molar-refractivity contribution < 1.29 is 0 Å². The first-order chi connectivity index (χ1) is 12.6. The smallest absolute Gasteiger partial charge is 0.272 e. The van der Waals surface area contributed by atoms with Crippen molar-refractivity contribution in [2.45, 2.75) is 10.9 Å². The number of benzene rings is 1. The van der Waals surface area contributed by atoms with E-state index < -0.39 is 0 Å². The van der Waals surface area contributed by atoms with Crippen LogP contribution >= 0.6 is 23.4 Å². The molecule has 1 aromatic carbocycles. The first-order valence-electron chi connectivity index (χ1n) is 7.45. The van der Waals surface area contributed by atoms with Gasteiger partial charge in [-0.05, 0) is 24.3 Å². The van der Waals surface area contributed by atoms with Gasteiger partial charge < -0.3 is 0 Å². The lowest BCUT2D eigenvalue weighted by Gasteiger charge is -1.99. The van der Waals surface area contributed by atoms with E-state index in [0.717, 1.165) is 5.56 Å². The molecule has 4 rings (SSSR count). The van der Waals surface area contributed by atoms with Crippen molar-refractivity contribution >= 4 is 29.0 Å². The molecular weight excluding hydrogens is 374 g/mol. The summed E-state index contributed by atoms with van der Waals surface area (Å²) >= 11 is 7.22. The Balaban J connectivity index is 1.54. The van der Waals surface area contributed by atoms with Crippen molar-refractivity contribution in [2.24, 2.45) is 0 Å². The van der Waals surface area contributed by atoms with Gasteiger partial charge in [0.15, 0.2) is 11.5 Å². The lowest BCUT2D eigenvalue weighted by molar-refractivity contribution is 0.887. The Morgan fingerprint density at radius 3 is 2.85 bits per heavy atom. The third-order valence-corrected chi connectivity index (χ3v) is 4.74. The van der Waals surface area contributed by atoms with Gasteiger partial charge in [0, 0.05) is 28.6 Å². The van der Waals surface area contributed by atoms with Crippen LogP contribution in [0.3, 0.4) is 0 Å². The van der Waals surface area contributed by atoms with Crippen LogP contribution in [-0.2, 0) is 5.75 Å². The molecule has 0 saturated carbocycles. The van der Waals surface area contributed by atoms with Gasteiger partial charge in [-0.1, -0.05) is 23.4 Å². The van der Waals surface area contributed by atoms with Crippen molar-refractivity contribution in [3.05, 3.63) is 63.2 Å². The molecule has 0 aliphatic rings. The third kappa shape index (κ3) is 3.08. The molecule has 26 heavy (non-hydrogen) atoms. The number of nitriles is 1. The fourth-order valence-corrected chi connectivity index (χ4v) is 3.19. The van der Waals surface area contributed by atoms with Crippen molar-refractivity contribution in [2.75, 3.05) is 0 Å². The zero-order valence-electron chi connectivity index (χ0n) is 13.1. The van der Waals surface area contributed by atoms with Crippen LogP contribution in [-0.4, -0.2) is 29.8 Å². The van der Waals surface area contributed by atoms with E-state index in [1.807, 2.05) is 18.2 Å². The maximum Gasteiger partial charge on any atom is 0.272 e. The first kappa shape index (κ1) is 16.4. The van der Waals surface area contributed by atoms with Crippen molar-refractivity contribution in [3.8, 4) is 17.5 Å². The Morgan fingerprint density at radius 2 is 2.08 bits per heavy atom. The van der Waals surface area contributed by atoms with Gasteiger partial charge in [0.2, 0.25) is 5.16 Å². The van der Waals surface area contributed by atoms with Gasteiger partial charge in [0.25, 0.3) is 5.56 Å². The fourth-order valence-electron chi connectivity index (χ4n) is 2.37.